The van der Waals surface area contributed by atoms with Gasteiger partial charge in [-0.15, -0.1) is 0 Å². The van der Waals surface area contributed by atoms with Crippen LogP contribution in [0.15, 0.2) is 29.6 Å². The molecule has 0 saturated heterocycles. The molecule has 0 radical (unpaired) electrons. The Hall–Kier alpha value is -1.75. The van der Waals surface area contributed by atoms with Crippen molar-refractivity contribution in [3.63, 3.8) is 0 Å². The lowest BCUT2D eigenvalue weighted by atomic mass is 10.2. The van der Waals surface area contributed by atoms with Gasteiger partial charge in [0.15, 0.2) is 0 Å². The highest BCUT2D eigenvalue weighted by Gasteiger charge is 1.98. The van der Waals surface area contributed by atoms with E-state index in [0.29, 0.717) is 5.71 Å². The zero-order valence-electron chi connectivity index (χ0n) is 7.97. The second-order valence-corrected chi connectivity index (χ2v) is 2.71. The summed E-state index contributed by atoms with van der Waals surface area (Å²) in [5.74, 6) is -0.640. The van der Waals surface area contributed by atoms with E-state index in [1.807, 2.05) is 0 Å². The number of aromatic nitrogens is 1. The van der Waals surface area contributed by atoms with Gasteiger partial charge in [0, 0.05) is 24.9 Å². The molecular formula is C9H10N3O2-. The molecule has 0 aliphatic rings. The van der Waals surface area contributed by atoms with Crippen LogP contribution in [0.2, 0.25) is 0 Å². The van der Waals surface area contributed by atoms with E-state index in [2.05, 4.69) is 10.1 Å². The van der Waals surface area contributed by atoms with Crippen LogP contribution < -0.4 is 0 Å². The molecule has 0 fully saturated rings. The smallest absolute Gasteiger partial charge is 0.229 e. The summed E-state index contributed by atoms with van der Waals surface area (Å²) in [5.41, 5.74) is 1.25. The van der Waals surface area contributed by atoms with Crippen molar-refractivity contribution in [3.8, 4) is 0 Å². The normalized spacial score (nSPS) is 11.2. The Morgan fingerprint density at radius 1 is 1.43 bits per heavy atom. The van der Waals surface area contributed by atoms with Crippen LogP contribution in [0, 0.1) is 5.21 Å². The molecule has 0 bridgehead atoms. The van der Waals surface area contributed by atoms with Crippen molar-refractivity contribution in [2.75, 3.05) is 0 Å². The van der Waals surface area contributed by atoms with Crippen LogP contribution in [0.25, 0.3) is 0 Å². The van der Waals surface area contributed by atoms with Crippen LogP contribution in [0.1, 0.15) is 19.4 Å². The Bertz CT molecular complexity index is 348. The average molecular weight is 192 g/mol. The maximum absolute atomic E-state index is 10.9. The highest BCUT2D eigenvalue weighted by atomic mass is 16.5. The largest absolute Gasteiger partial charge is 0.735 e. The molecule has 0 N–H and O–H groups in total. The lowest BCUT2D eigenvalue weighted by Gasteiger charge is -2.20. The second kappa shape index (κ2) is 4.48. The molecule has 5 heteroatoms. The van der Waals surface area contributed by atoms with Crippen molar-refractivity contribution < 1.29 is 4.79 Å². The van der Waals surface area contributed by atoms with Crippen LogP contribution in [0.4, 0.5) is 0 Å². The third-order valence-corrected chi connectivity index (χ3v) is 1.61. The van der Waals surface area contributed by atoms with Crippen molar-refractivity contribution in [3.05, 3.63) is 35.3 Å². The van der Waals surface area contributed by atoms with E-state index in [9.17, 15) is 10.0 Å². The van der Waals surface area contributed by atoms with E-state index in [1.165, 1.54) is 0 Å². The number of hydrogen-bond acceptors (Lipinski definition) is 4. The fourth-order valence-electron chi connectivity index (χ4n) is 0.858. The van der Waals surface area contributed by atoms with Gasteiger partial charge < -0.3 is 10.4 Å². The van der Waals surface area contributed by atoms with E-state index in [1.54, 1.807) is 31.5 Å². The number of hydroxylamine groups is 1. The van der Waals surface area contributed by atoms with Gasteiger partial charge in [0.2, 0.25) is 5.91 Å². The number of carbonyl (C=O) groups excluding carboxylic acids is 1. The molecule has 0 unspecified atom stereocenters. The predicted octanol–water partition coefficient (Wildman–Crippen LogP) is 1.15. The van der Waals surface area contributed by atoms with Gasteiger partial charge in [-0.25, -0.2) is 0 Å². The van der Waals surface area contributed by atoms with Crippen LogP contribution in [0.5, 0.6) is 0 Å². The van der Waals surface area contributed by atoms with Gasteiger partial charge in [-0.1, -0.05) is 0 Å². The Labute approximate surface area is 81.6 Å². The monoisotopic (exact) mass is 192 g/mol. The number of carbonyl (C=O) groups is 1. The van der Waals surface area contributed by atoms with E-state index in [0.717, 1.165) is 12.5 Å². The van der Waals surface area contributed by atoms with Crippen molar-refractivity contribution in [1.29, 1.82) is 0 Å². The molecule has 0 aliphatic carbocycles. The van der Waals surface area contributed by atoms with Crippen LogP contribution >= 0.6 is 0 Å². The number of rotatable bonds is 2. The van der Waals surface area contributed by atoms with Crippen LogP contribution in [-0.4, -0.2) is 21.8 Å². The van der Waals surface area contributed by atoms with Gasteiger partial charge in [0.25, 0.3) is 0 Å². The highest BCUT2D eigenvalue weighted by molar-refractivity contribution is 5.99. The van der Waals surface area contributed by atoms with Gasteiger partial charge in [-0.05, 0) is 19.1 Å². The van der Waals surface area contributed by atoms with Gasteiger partial charge in [0.1, 0.15) is 0 Å². The zero-order valence-corrected chi connectivity index (χ0v) is 7.97. The molecule has 0 saturated carbocycles. The first-order chi connectivity index (χ1) is 6.61. The summed E-state index contributed by atoms with van der Waals surface area (Å²) in [4.78, 5) is 14.4. The molecule has 0 aliphatic heterocycles. The van der Waals surface area contributed by atoms with E-state index in [-0.39, 0.29) is 5.17 Å². The Morgan fingerprint density at radius 3 is 2.50 bits per heavy atom. The maximum Gasteiger partial charge on any atom is 0.229 e. The summed E-state index contributed by atoms with van der Waals surface area (Å²) in [5, 5.41) is 14.5. The minimum Gasteiger partial charge on any atom is -0.735 e. The first kappa shape index (κ1) is 10.3. The number of pyridine rings is 1. The Kier molecular flexibility index (Phi) is 3.30. The van der Waals surface area contributed by atoms with Crippen LogP contribution in [-0.2, 0) is 4.79 Å². The average Bonchev–Trinajstić information content (AvgIpc) is 2.19. The van der Waals surface area contributed by atoms with Gasteiger partial charge in [0.05, 0.1) is 5.71 Å². The molecule has 0 atom stereocenters. The third kappa shape index (κ3) is 2.63. The summed E-state index contributed by atoms with van der Waals surface area (Å²) in [6.07, 6.45) is 3.19. The topological polar surface area (TPSA) is 68.6 Å². The number of hydrazone groups is 1. The fourth-order valence-corrected chi connectivity index (χ4v) is 0.858. The predicted molar refractivity (Wildman–Crippen MR) is 52.3 cm³/mol. The molecule has 74 valence electrons. The number of amides is 1. The van der Waals surface area contributed by atoms with Crippen molar-refractivity contribution in [1.82, 2.24) is 10.2 Å². The second-order valence-electron chi connectivity index (χ2n) is 2.71. The first-order valence-corrected chi connectivity index (χ1v) is 4.04. The molecule has 1 aromatic rings. The number of nitrogens with zero attached hydrogens (tertiary/aromatic N) is 3. The first-order valence-electron chi connectivity index (χ1n) is 4.04. The van der Waals surface area contributed by atoms with E-state index < -0.39 is 5.91 Å². The molecule has 0 aromatic carbocycles. The summed E-state index contributed by atoms with van der Waals surface area (Å²) in [6, 6.07) is 3.43. The lowest BCUT2D eigenvalue weighted by molar-refractivity contribution is -0.126. The van der Waals surface area contributed by atoms with E-state index >= 15 is 0 Å². The number of hydrogen-bond donors (Lipinski definition) is 0. The minimum atomic E-state index is -0.640. The van der Waals surface area contributed by atoms with E-state index in [4.69, 9.17) is 0 Å². The van der Waals surface area contributed by atoms with Gasteiger partial charge in [-0.3, -0.25) is 9.78 Å². The Balaban J connectivity index is 2.85. The van der Waals surface area contributed by atoms with Gasteiger partial charge >= 0.3 is 0 Å². The SMILES string of the molecule is CC(=O)N([O-])N=C(C)c1ccncc1. The molecule has 1 rings (SSSR count). The minimum absolute atomic E-state index is 0.0652. The molecule has 14 heavy (non-hydrogen) atoms. The summed E-state index contributed by atoms with van der Waals surface area (Å²) in [7, 11) is 0. The maximum atomic E-state index is 10.9. The fraction of sp³-hybridized carbons (Fsp3) is 0.222. The molecule has 1 heterocycles. The van der Waals surface area contributed by atoms with Gasteiger partial charge in [-0.2, -0.15) is 5.10 Å². The Morgan fingerprint density at radius 2 is 2.00 bits per heavy atom. The van der Waals surface area contributed by atoms with Crippen LogP contribution in [0.3, 0.4) is 0 Å². The standard InChI is InChI=1S/C9H10N3O2/c1-7(11-12(14)8(2)13)9-3-5-10-6-4-9/h3-6H,1-2H3/q-1. The molecular weight excluding hydrogens is 182 g/mol. The highest BCUT2D eigenvalue weighted by Crippen LogP contribution is 2.00. The molecule has 5 nitrogen and oxygen atoms in total. The molecule has 1 aromatic heterocycles. The molecule has 0 spiro atoms. The summed E-state index contributed by atoms with van der Waals surface area (Å²) >= 11 is 0. The summed E-state index contributed by atoms with van der Waals surface area (Å²) < 4.78 is 0. The zero-order chi connectivity index (χ0) is 10.6. The van der Waals surface area contributed by atoms with Crippen molar-refractivity contribution >= 4 is 11.6 Å². The molecule has 1 amide bonds. The lowest BCUT2D eigenvalue weighted by Crippen LogP contribution is -2.17. The third-order valence-electron chi connectivity index (χ3n) is 1.61. The summed E-state index contributed by atoms with van der Waals surface area (Å²) in [6.45, 7) is 2.82. The van der Waals surface area contributed by atoms with Crippen molar-refractivity contribution in [2.45, 2.75) is 13.8 Å². The quantitative estimate of drug-likeness (QED) is 0.521. The van der Waals surface area contributed by atoms with Crippen molar-refractivity contribution in [2.24, 2.45) is 5.10 Å².